The lowest BCUT2D eigenvalue weighted by atomic mass is 10.2. The van der Waals surface area contributed by atoms with E-state index in [0.717, 1.165) is 33.9 Å². The highest BCUT2D eigenvalue weighted by atomic mass is 16.3. The number of aliphatic imine (C=N–C) groups is 3. The molecule has 4 aliphatic rings. The number of fused-ring (bicyclic) bond motifs is 5. The van der Waals surface area contributed by atoms with Crippen molar-refractivity contribution in [3.63, 3.8) is 0 Å². The molecule has 0 spiro atoms. The smallest absolute Gasteiger partial charge is 0.165 e. The van der Waals surface area contributed by atoms with Gasteiger partial charge in [-0.15, -0.1) is 0 Å². The summed E-state index contributed by atoms with van der Waals surface area (Å²) in [5, 5.41) is 11.9. The Bertz CT molecular complexity index is 1140. The van der Waals surface area contributed by atoms with E-state index in [1.54, 1.807) is 6.08 Å². The number of aromatic amines is 1. The van der Waals surface area contributed by atoms with Gasteiger partial charge in [-0.25, -0.2) is 15.0 Å². The number of nitrogens with one attached hydrogen (secondary N) is 1. The molecule has 1 aromatic rings. The standard InChI is InChI=1S/C19H12N4O/c24-19-17-7-3-13(22-17)9-11-1-5-15(20-11)16-6-2-12(21-16)10-14-4-8-18(19)23-14/h1-10,22,24H. The molecule has 5 heterocycles. The SMILES string of the molecule is OC1=c2ccc([nH]2)=CC2=NC(=C3C=CC(=N3)C=C3C=CC1=N3)C=C2. The van der Waals surface area contributed by atoms with Gasteiger partial charge in [0.15, 0.2) is 5.76 Å². The third kappa shape index (κ3) is 2.06. The fourth-order valence-corrected chi connectivity index (χ4v) is 2.88. The van der Waals surface area contributed by atoms with Crippen molar-refractivity contribution in [2.45, 2.75) is 0 Å². The third-order valence-corrected chi connectivity index (χ3v) is 4.05. The van der Waals surface area contributed by atoms with Crippen molar-refractivity contribution in [1.82, 2.24) is 4.98 Å². The van der Waals surface area contributed by atoms with Gasteiger partial charge in [-0.1, -0.05) is 0 Å². The van der Waals surface area contributed by atoms with E-state index in [9.17, 15) is 5.11 Å². The van der Waals surface area contributed by atoms with Crippen LogP contribution in [-0.2, 0) is 0 Å². The summed E-state index contributed by atoms with van der Waals surface area (Å²) in [6, 6.07) is 3.74. The van der Waals surface area contributed by atoms with Crippen LogP contribution in [0.5, 0.6) is 0 Å². The van der Waals surface area contributed by atoms with Crippen molar-refractivity contribution in [3.05, 3.63) is 82.5 Å². The predicted octanol–water partition coefficient (Wildman–Crippen LogP) is 1.60. The summed E-state index contributed by atoms with van der Waals surface area (Å²) in [5.74, 6) is 0.122. The summed E-state index contributed by atoms with van der Waals surface area (Å²) in [5.41, 5.74) is 4.63. The Balaban J connectivity index is 1.80. The molecular formula is C19H12N4O. The Morgan fingerprint density at radius 1 is 0.750 bits per heavy atom. The van der Waals surface area contributed by atoms with Crippen LogP contribution in [0.15, 0.2) is 86.7 Å². The Morgan fingerprint density at radius 2 is 1.50 bits per heavy atom. The third-order valence-electron chi connectivity index (χ3n) is 4.05. The molecule has 0 aliphatic carbocycles. The molecule has 0 aromatic carbocycles. The zero-order valence-electron chi connectivity index (χ0n) is 12.6. The summed E-state index contributed by atoms with van der Waals surface area (Å²) < 4.78 is 0. The maximum absolute atomic E-state index is 10.4. The average Bonchev–Trinajstić information content (AvgIpc) is 3.33. The van der Waals surface area contributed by atoms with Crippen LogP contribution in [0.1, 0.15) is 0 Å². The second-order valence-corrected chi connectivity index (χ2v) is 5.73. The number of nitrogens with zero attached hydrogens (tertiary/aromatic N) is 3. The van der Waals surface area contributed by atoms with Gasteiger partial charge in [0.1, 0.15) is 5.71 Å². The van der Waals surface area contributed by atoms with Crippen LogP contribution in [-0.4, -0.2) is 27.2 Å². The molecule has 0 unspecified atom stereocenters. The molecule has 4 aliphatic heterocycles. The lowest BCUT2D eigenvalue weighted by Gasteiger charge is -1.95. The Kier molecular flexibility index (Phi) is 2.58. The Hall–Kier alpha value is -3.47. The molecule has 5 nitrogen and oxygen atoms in total. The molecule has 0 atom stereocenters. The van der Waals surface area contributed by atoms with Crippen molar-refractivity contribution >= 4 is 29.0 Å². The first kappa shape index (κ1) is 13.0. The van der Waals surface area contributed by atoms with E-state index in [1.807, 2.05) is 54.7 Å². The minimum absolute atomic E-state index is 0.122. The Morgan fingerprint density at radius 3 is 2.29 bits per heavy atom. The molecule has 0 amide bonds. The van der Waals surface area contributed by atoms with E-state index in [2.05, 4.69) is 20.0 Å². The van der Waals surface area contributed by atoms with Crippen molar-refractivity contribution in [1.29, 1.82) is 0 Å². The van der Waals surface area contributed by atoms with E-state index in [-0.39, 0.29) is 5.76 Å². The molecule has 0 radical (unpaired) electrons. The highest BCUT2D eigenvalue weighted by Gasteiger charge is 2.14. The van der Waals surface area contributed by atoms with E-state index in [1.165, 1.54) is 0 Å². The van der Waals surface area contributed by atoms with E-state index in [4.69, 9.17) is 0 Å². The molecule has 5 rings (SSSR count). The van der Waals surface area contributed by atoms with Crippen molar-refractivity contribution in [2.75, 3.05) is 0 Å². The lowest BCUT2D eigenvalue weighted by molar-refractivity contribution is 0.518. The van der Waals surface area contributed by atoms with Crippen molar-refractivity contribution in [2.24, 2.45) is 15.0 Å². The second-order valence-electron chi connectivity index (χ2n) is 5.73. The van der Waals surface area contributed by atoms with Gasteiger partial charge in [-0.2, -0.15) is 0 Å². The van der Waals surface area contributed by atoms with Gasteiger partial charge in [-0.05, 0) is 60.7 Å². The number of H-pyrrole nitrogens is 1. The number of hydrogen-bond acceptors (Lipinski definition) is 4. The van der Waals surface area contributed by atoms with Crippen LogP contribution in [0, 0.1) is 0 Å². The van der Waals surface area contributed by atoms with E-state index >= 15 is 0 Å². The minimum atomic E-state index is 0.122. The number of hydrogen-bond donors (Lipinski definition) is 2. The molecule has 1 aromatic heterocycles. The number of rotatable bonds is 0. The maximum Gasteiger partial charge on any atom is 0.165 e. The minimum Gasteiger partial charge on any atom is -0.504 e. The highest BCUT2D eigenvalue weighted by Crippen LogP contribution is 2.22. The van der Waals surface area contributed by atoms with Gasteiger partial charge in [-0.3, -0.25) is 0 Å². The van der Waals surface area contributed by atoms with Gasteiger partial charge in [0, 0.05) is 5.35 Å². The number of aromatic nitrogens is 1. The second kappa shape index (κ2) is 4.76. The monoisotopic (exact) mass is 312 g/mol. The fourth-order valence-electron chi connectivity index (χ4n) is 2.88. The first-order valence-corrected chi connectivity index (χ1v) is 7.61. The van der Waals surface area contributed by atoms with Gasteiger partial charge < -0.3 is 10.1 Å². The molecule has 2 N–H and O–H groups in total. The predicted molar refractivity (Wildman–Crippen MR) is 95.4 cm³/mol. The first-order valence-electron chi connectivity index (χ1n) is 7.61. The molecule has 114 valence electrons. The Labute approximate surface area is 137 Å². The van der Waals surface area contributed by atoms with Crippen molar-refractivity contribution in [3.8, 4) is 0 Å². The summed E-state index contributed by atoms with van der Waals surface area (Å²) >= 11 is 0. The van der Waals surface area contributed by atoms with Gasteiger partial charge in [0.25, 0.3) is 0 Å². The molecule has 0 saturated carbocycles. The zero-order chi connectivity index (χ0) is 16.1. The largest absolute Gasteiger partial charge is 0.504 e. The lowest BCUT2D eigenvalue weighted by Crippen LogP contribution is -2.16. The van der Waals surface area contributed by atoms with Crippen LogP contribution < -0.4 is 10.7 Å². The number of allylic oxidation sites excluding steroid dienone is 6. The molecule has 0 fully saturated rings. The zero-order valence-corrected chi connectivity index (χ0v) is 12.6. The molecule has 5 heteroatoms. The van der Waals surface area contributed by atoms with Crippen LogP contribution in [0.3, 0.4) is 0 Å². The molecule has 24 heavy (non-hydrogen) atoms. The summed E-state index contributed by atoms with van der Waals surface area (Å²) in [6.07, 6.45) is 15.3. The van der Waals surface area contributed by atoms with Gasteiger partial charge in [0.05, 0.1) is 33.9 Å². The van der Waals surface area contributed by atoms with Gasteiger partial charge >= 0.3 is 0 Å². The molecular weight excluding hydrogens is 300 g/mol. The van der Waals surface area contributed by atoms with Crippen molar-refractivity contribution < 1.29 is 5.11 Å². The summed E-state index contributed by atoms with van der Waals surface area (Å²) in [6.45, 7) is 0. The van der Waals surface area contributed by atoms with E-state index < -0.39 is 0 Å². The average molecular weight is 312 g/mol. The molecule has 0 saturated heterocycles. The fraction of sp³-hybridized carbons (Fsp3) is 0. The quantitative estimate of drug-likeness (QED) is 0.750. The number of aliphatic hydroxyl groups excluding tert-OH is 1. The first-order chi connectivity index (χ1) is 11.7. The van der Waals surface area contributed by atoms with Crippen LogP contribution in [0.2, 0.25) is 0 Å². The van der Waals surface area contributed by atoms with Crippen LogP contribution in [0.4, 0.5) is 0 Å². The molecule has 8 bridgehead atoms. The van der Waals surface area contributed by atoms with Crippen LogP contribution in [0.25, 0.3) is 11.8 Å². The van der Waals surface area contributed by atoms with Gasteiger partial charge in [0.2, 0.25) is 0 Å². The summed E-state index contributed by atoms with van der Waals surface area (Å²) in [7, 11) is 0. The van der Waals surface area contributed by atoms with E-state index in [0.29, 0.717) is 11.1 Å². The topological polar surface area (TPSA) is 73.1 Å². The summed E-state index contributed by atoms with van der Waals surface area (Å²) in [4.78, 5) is 16.8. The highest BCUT2D eigenvalue weighted by molar-refractivity contribution is 6.24. The number of aliphatic hydroxyl groups is 1. The maximum atomic E-state index is 10.4. The normalized spacial score (nSPS) is 20.4. The van der Waals surface area contributed by atoms with Crippen LogP contribution >= 0.6 is 0 Å².